The fourth-order valence-corrected chi connectivity index (χ4v) is 2.08. The lowest BCUT2D eigenvalue weighted by atomic mass is 10.1. The van der Waals surface area contributed by atoms with Crippen molar-refractivity contribution >= 4 is 29.0 Å². The number of benzene rings is 1. The van der Waals surface area contributed by atoms with Crippen LogP contribution >= 0.6 is 0 Å². The number of nitro benzene ring substituents is 1. The number of aromatic amines is 1. The smallest absolute Gasteiger partial charge is 0.416 e. The van der Waals surface area contributed by atoms with Gasteiger partial charge in [-0.2, -0.15) is 13.2 Å². The maximum atomic E-state index is 12.7. The average molecular weight is 399 g/mol. The second kappa shape index (κ2) is 7.90. The van der Waals surface area contributed by atoms with Gasteiger partial charge >= 0.3 is 12.1 Å². The maximum Gasteiger partial charge on any atom is 0.416 e. The molecule has 0 aliphatic heterocycles. The van der Waals surface area contributed by atoms with Crippen molar-refractivity contribution < 1.29 is 37.2 Å². The molecule has 0 aliphatic carbocycles. The van der Waals surface area contributed by atoms with E-state index in [-0.39, 0.29) is 23.1 Å². The average Bonchev–Trinajstić information content (AvgIpc) is 3.09. The molecule has 0 spiro atoms. The Balaban J connectivity index is 2.05. The van der Waals surface area contributed by atoms with Gasteiger partial charge in [0.25, 0.3) is 11.6 Å². The second-order valence-corrected chi connectivity index (χ2v) is 5.47. The molecule has 0 saturated carbocycles. The van der Waals surface area contributed by atoms with Crippen molar-refractivity contribution in [1.29, 1.82) is 0 Å². The molecule has 0 fully saturated rings. The Morgan fingerprint density at radius 3 is 2.46 bits per heavy atom. The van der Waals surface area contributed by atoms with Gasteiger partial charge in [0.05, 0.1) is 10.5 Å². The SMILES string of the molecule is CC(=O)c1c[nH]c(C(=O)OCC(=O)Nc2ccc(C(F)(F)F)cc2[N+](=O)[O-])c1. The minimum Gasteiger partial charge on any atom is -0.451 e. The van der Waals surface area contributed by atoms with E-state index in [2.05, 4.69) is 4.98 Å². The van der Waals surface area contributed by atoms with Gasteiger partial charge in [-0.15, -0.1) is 0 Å². The van der Waals surface area contributed by atoms with Crippen LogP contribution < -0.4 is 5.32 Å². The van der Waals surface area contributed by atoms with Crippen LogP contribution in [-0.4, -0.2) is 34.2 Å². The molecule has 9 nitrogen and oxygen atoms in total. The van der Waals surface area contributed by atoms with Gasteiger partial charge in [0.1, 0.15) is 11.4 Å². The van der Waals surface area contributed by atoms with Crippen molar-refractivity contribution in [3.8, 4) is 0 Å². The van der Waals surface area contributed by atoms with E-state index in [0.717, 1.165) is 6.07 Å². The Morgan fingerprint density at radius 1 is 1.25 bits per heavy atom. The lowest BCUT2D eigenvalue weighted by Gasteiger charge is -2.10. The molecule has 0 unspecified atom stereocenters. The minimum atomic E-state index is -4.79. The highest BCUT2D eigenvalue weighted by Gasteiger charge is 2.33. The third kappa shape index (κ3) is 4.93. The number of nitro groups is 1. The number of alkyl halides is 3. The molecule has 0 atom stereocenters. The number of carbonyl (C=O) groups is 3. The number of ether oxygens (including phenoxy) is 1. The number of ketones is 1. The molecule has 1 aromatic heterocycles. The van der Waals surface area contributed by atoms with E-state index in [1.54, 1.807) is 0 Å². The number of esters is 1. The number of nitrogens with one attached hydrogen (secondary N) is 2. The molecule has 2 rings (SSSR count). The second-order valence-electron chi connectivity index (χ2n) is 5.47. The lowest BCUT2D eigenvalue weighted by molar-refractivity contribution is -0.384. The Hall–Kier alpha value is -3.70. The van der Waals surface area contributed by atoms with Gasteiger partial charge in [-0.25, -0.2) is 4.79 Å². The van der Waals surface area contributed by atoms with Crippen molar-refractivity contribution in [2.45, 2.75) is 13.1 Å². The van der Waals surface area contributed by atoms with E-state index in [0.29, 0.717) is 6.07 Å². The summed E-state index contributed by atoms with van der Waals surface area (Å²) >= 11 is 0. The molecule has 148 valence electrons. The number of halogens is 3. The molecule has 12 heteroatoms. The van der Waals surface area contributed by atoms with Crippen LogP contribution in [0.4, 0.5) is 24.5 Å². The number of anilines is 1. The molecule has 1 heterocycles. The Kier molecular flexibility index (Phi) is 5.81. The molecule has 28 heavy (non-hydrogen) atoms. The molecule has 0 bridgehead atoms. The van der Waals surface area contributed by atoms with Crippen LogP contribution in [0, 0.1) is 10.1 Å². The van der Waals surface area contributed by atoms with Crippen LogP contribution in [0.2, 0.25) is 0 Å². The van der Waals surface area contributed by atoms with Crippen molar-refractivity contribution in [2.75, 3.05) is 11.9 Å². The molecule has 2 N–H and O–H groups in total. The van der Waals surface area contributed by atoms with E-state index in [4.69, 9.17) is 4.74 Å². The van der Waals surface area contributed by atoms with Gasteiger partial charge in [-0.05, 0) is 25.1 Å². The molecule has 0 radical (unpaired) electrons. The van der Waals surface area contributed by atoms with Crippen LogP contribution in [-0.2, 0) is 15.7 Å². The van der Waals surface area contributed by atoms with E-state index in [9.17, 15) is 37.7 Å². The van der Waals surface area contributed by atoms with E-state index in [1.807, 2.05) is 5.32 Å². The summed E-state index contributed by atoms with van der Waals surface area (Å²) < 4.78 is 42.7. The first-order valence-corrected chi connectivity index (χ1v) is 7.51. The summed E-state index contributed by atoms with van der Waals surface area (Å²) in [5.41, 5.74) is -2.59. The van der Waals surface area contributed by atoms with Crippen molar-refractivity contribution in [2.24, 2.45) is 0 Å². The number of hydrogen-bond donors (Lipinski definition) is 2. The summed E-state index contributed by atoms with van der Waals surface area (Å²) in [6, 6.07) is 2.79. The van der Waals surface area contributed by atoms with Gasteiger partial charge < -0.3 is 15.0 Å². The van der Waals surface area contributed by atoms with Crippen LogP contribution in [0.15, 0.2) is 30.5 Å². The maximum absolute atomic E-state index is 12.7. The van der Waals surface area contributed by atoms with Crippen LogP contribution in [0.1, 0.15) is 33.3 Å². The number of hydrogen-bond acceptors (Lipinski definition) is 6. The van der Waals surface area contributed by atoms with Gasteiger partial charge in [-0.3, -0.25) is 19.7 Å². The predicted octanol–water partition coefficient (Wildman–Crippen LogP) is 2.94. The van der Waals surface area contributed by atoms with Crippen molar-refractivity contribution in [3.63, 3.8) is 0 Å². The fraction of sp³-hybridized carbons (Fsp3) is 0.188. The number of aromatic nitrogens is 1. The van der Waals surface area contributed by atoms with Crippen molar-refractivity contribution in [1.82, 2.24) is 4.98 Å². The third-order valence-corrected chi connectivity index (χ3v) is 3.44. The van der Waals surface area contributed by atoms with Gasteiger partial charge in [0, 0.05) is 17.8 Å². The number of carbonyl (C=O) groups excluding carboxylic acids is 3. The topological polar surface area (TPSA) is 131 Å². The highest BCUT2D eigenvalue weighted by atomic mass is 19.4. The van der Waals surface area contributed by atoms with Crippen LogP contribution in [0.25, 0.3) is 0 Å². The Morgan fingerprint density at radius 2 is 1.93 bits per heavy atom. The zero-order valence-electron chi connectivity index (χ0n) is 14.1. The van der Waals surface area contributed by atoms with Gasteiger partial charge in [0.15, 0.2) is 12.4 Å². The minimum absolute atomic E-state index is 0.0986. The van der Waals surface area contributed by atoms with Gasteiger partial charge in [-0.1, -0.05) is 0 Å². The third-order valence-electron chi connectivity index (χ3n) is 3.44. The summed E-state index contributed by atoms with van der Waals surface area (Å²) in [4.78, 5) is 47.1. The molecular weight excluding hydrogens is 387 g/mol. The molecular formula is C16H12F3N3O6. The number of amides is 1. The summed E-state index contributed by atoms with van der Waals surface area (Å²) in [7, 11) is 0. The highest BCUT2D eigenvalue weighted by Crippen LogP contribution is 2.34. The fourth-order valence-electron chi connectivity index (χ4n) is 2.08. The first-order chi connectivity index (χ1) is 13.0. The lowest BCUT2D eigenvalue weighted by Crippen LogP contribution is -2.21. The van der Waals surface area contributed by atoms with E-state index < -0.39 is 46.5 Å². The molecule has 0 aliphatic rings. The zero-order chi connectivity index (χ0) is 21.1. The molecule has 2 aromatic rings. The largest absolute Gasteiger partial charge is 0.451 e. The summed E-state index contributed by atoms with van der Waals surface area (Å²) in [6.45, 7) is 0.425. The highest BCUT2D eigenvalue weighted by molar-refractivity contribution is 5.99. The first kappa shape index (κ1) is 20.6. The zero-order valence-corrected chi connectivity index (χ0v) is 14.1. The first-order valence-electron chi connectivity index (χ1n) is 7.51. The molecule has 0 saturated heterocycles. The summed E-state index contributed by atoms with van der Waals surface area (Å²) in [5, 5.41) is 13.0. The van der Waals surface area contributed by atoms with Gasteiger partial charge in [0.2, 0.25) is 0 Å². The Labute approximate surface area is 154 Å². The van der Waals surface area contributed by atoms with E-state index >= 15 is 0 Å². The Bertz CT molecular complexity index is 951. The predicted molar refractivity (Wildman–Crippen MR) is 87.8 cm³/mol. The normalized spacial score (nSPS) is 11.0. The van der Waals surface area contributed by atoms with E-state index in [1.165, 1.54) is 19.2 Å². The summed E-state index contributed by atoms with van der Waals surface area (Å²) in [6.07, 6.45) is -3.53. The number of nitrogens with zero attached hydrogens (tertiary/aromatic N) is 1. The summed E-state index contributed by atoms with van der Waals surface area (Å²) in [5.74, 6) is -2.28. The van der Waals surface area contributed by atoms with Crippen molar-refractivity contribution in [3.05, 3.63) is 57.4 Å². The standard InChI is InChI=1S/C16H12F3N3O6/c1-8(23)9-4-12(20-6-9)15(25)28-7-14(24)21-11-3-2-10(16(17,18)19)5-13(11)22(26)27/h2-6,20H,7H2,1H3,(H,21,24). The quantitative estimate of drug-likeness (QED) is 0.332. The van der Waals surface area contributed by atoms with Crippen LogP contribution in [0.3, 0.4) is 0 Å². The molecule has 1 amide bonds. The molecule has 1 aromatic carbocycles. The number of Topliss-reactive ketones (excluding diaryl/α,β-unsaturated/α-hetero) is 1. The number of H-pyrrole nitrogens is 1. The number of rotatable bonds is 6. The monoisotopic (exact) mass is 399 g/mol. The van der Waals surface area contributed by atoms with Crippen LogP contribution in [0.5, 0.6) is 0 Å².